The molecule has 0 unspecified atom stereocenters. The Morgan fingerprint density at radius 2 is 0.759 bits per heavy atom. The lowest BCUT2D eigenvalue weighted by molar-refractivity contribution is -0.117. The van der Waals surface area contributed by atoms with E-state index in [4.69, 9.17) is 5.11 Å². The number of anilines is 6. The number of amides is 9. The molecule has 7 rings (SSSR count). The summed E-state index contributed by atoms with van der Waals surface area (Å²) in [6.45, 7) is 0.0305. The average molecular weight is 1090 g/mol. The second-order valence-corrected chi connectivity index (χ2v) is 17.9. The third kappa shape index (κ3) is 14.2. The molecule has 0 saturated carbocycles. The van der Waals surface area contributed by atoms with E-state index >= 15 is 0 Å². The fourth-order valence-corrected chi connectivity index (χ4v) is 7.84. The lowest BCUT2D eigenvalue weighted by Crippen LogP contribution is -2.29. The number of carbonyl (C=O) groups excluding carboxylic acids is 9. The van der Waals surface area contributed by atoms with E-state index in [0.717, 1.165) is 0 Å². The van der Waals surface area contributed by atoms with Crippen molar-refractivity contribution in [2.24, 2.45) is 49.3 Å². The van der Waals surface area contributed by atoms with Gasteiger partial charge in [-0.1, -0.05) is 0 Å². The number of hydrogen-bond acceptors (Lipinski definition) is 14. The van der Waals surface area contributed by atoms with Gasteiger partial charge in [-0.05, 0) is 24.6 Å². The van der Waals surface area contributed by atoms with Crippen molar-refractivity contribution in [1.82, 2.24) is 67.9 Å². The molecule has 0 aliphatic heterocycles. The first kappa shape index (κ1) is 56.1. The molecule has 0 saturated heterocycles. The molecular formula is C48H56N20O11. The Labute approximate surface area is 448 Å². The summed E-state index contributed by atoms with van der Waals surface area (Å²) in [5.74, 6) is -5.81. The van der Waals surface area contributed by atoms with E-state index in [0.29, 0.717) is 5.69 Å². The van der Waals surface area contributed by atoms with Crippen molar-refractivity contribution in [2.75, 3.05) is 51.5 Å². The summed E-state index contributed by atoms with van der Waals surface area (Å²) >= 11 is 0. The Hall–Kier alpha value is -10.6. The van der Waals surface area contributed by atoms with Gasteiger partial charge in [0.25, 0.3) is 35.4 Å². The van der Waals surface area contributed by atoms with Crippen LogP contribution in [0.1, 0.15) is 99.6 Å². The monoisotopic (exact) mass is 1090 g/mol. The number of aromatic nitrogens is 11. The minimum atomic E-state index is -1.26. The van der Waals surface area contributed by atoms with Gasteiger partial charge in [-0.2, -0.15) is 0 Å². The van der Waals surface area contributed by atoms with Crippen LogP contribution < -0.4 is 47.9 Å². The molecule has 0 aliphatic rings. The first-order valence-corrected chi connectivity index (χ1v) is 24.0. The Morgan fingerprint density at radius 1 is 0.405 bits per heavy atom. The van der Waals surface area contributed by atoms with Gasteiger partial charge in [0.2, 0.25) is 35.2 Å². The standard InChI is InChI=1S/C48H56N20O11/c1-62-16-15-49-38(62)45(75)53-26-17-30(64(3)20-26)43(73)51-13-10-36(70)57-33-24-67(6)40(60-33)47(77)54-27-18-29(63(2)21-27)42(72)50-12-8-9-35(69)56-32-23-66(5)39(59-32)46(76)55-28-19-31(65(4)22-28)44(74)52-14-11-37(71)58-34-25-68(7)41(61-34)48(78)79/h15-25H,8-14H2,1-7H3,(H,50,72)(H,51,73)(H,52,74)(H,53,75)(H,54,77)(H,55,76)(H,56,69)(H,57,70)(H,58,71)(H,78,79). The Balaban J connectivity index is 0.792. The van der Waals surface area contributed by atoms with Crippen LogP contribution in [0, 0.1) is 0 Å². The SMILES string of the molecule is Cn1cc(NC(=O)c2nc(NC(=O)CCNC(=O)c3cc(NC(=O)c4nccn4C)cn3C)cn2C)cc1C(=O)NCCCC(=O)Nc1cn(C)c(C(=O)Nc2cc(C(=O)NCCC(=O)Nc3cn(C)c(C(=O)O)n3)n(C)c2)n1. The molecule has 31 nitrogen and oxygen atoms in total. The quantitative estimate of drug-likeness (QED) is 0.0396. The molecule has 7 heterocycles. The molecule has 0 aromatic carbocycles. The lowest BCUT2D eigenvalue weighted by Gasteiger charge is -2.06. The number of aromatic carboxylic acids is 1. The van der Waals surface area contributed by atoms with Crippen LogP contribution in [0.3, 0.4) is 0 Å². The van der Waals surface area contributed by atoms with Gasteiger partial charge in [0.05, 0.1) is 17.1 Å². The average Bonchev–Trinajstić information content (AvgIpc) is 4.32. The van der Waals surface area contributed by atoms with Gasteiger partial charge in [-0.25, -0.2) is 24.7 Å². The van der Waals surface area contributed by atoms with Crippen LogP contribution in [-0.2, 0) is 63.7 Å². The van der Waals surface area contributed by atoms with Crippen LogP contribution in [0.4, 0.5) is 34.5 Å². The van der Waals surface area contributed by atoms with Crippen molar-refractivity contribution in [3.8, 4) is 0 Å². The van der Waals surface area contributed by atoms with Gasteiger partial charge in [0.1, 0.15) is 17.1 Å². The third-order valence-electron chi connectivity index (χ3n) is 11.7. The van der Waals surface area contributed by atoms with Crippen LogP contribution in [-0.4, -0.2) is 136 Å². The predicted octanol–water partition coefficient (Wildman–Crippen LogP) is 0.757. The number of nitrogens with zero attached hydrogens (tertiary/aromatic N) is 11. The summed E-state index contributed by atoms with van der Waals surface area (Å²) in [7, 11) is 11.1. The van der Waals surface area contributed by atoms with Gasteiger partial charge in [-0.3, -0.25) is 43.2 Å². The van der Waals surface area contributed by atoms with Crippen molar-refractivity contribution in [3.63, 3.8) is 0 Å². The fourth-order valence-electron chi connectivity index (χ4n) is 7.84. The summed E-state index contributed by atoms with van der Waals surface area (Å²) < 4.78 is 10.1. The summed E-state index contributed by atoms with van der Waals surface area (Å²) in [5, 5.41) is 32.9. The molecule has 10 N–H and O–H groups in total. The summed E-state index contributed by atoms with van der Waals surface area (Å²) in [6.07, 6.45) is 11.9. The largest absolute Gasteiger partial charge is 0.475 e. The van der Waals surface area contributed by atoms with E-state index in [-0.39, 0.29) is 115 Å². The lowest BCUT2D eigenvalue weighted by atomic mass is 10.3. The van der Waals surface area contributed by atoms with Gasteiger partial charge in [0, 0.05) is 138 Å². The first-order chi connectivity index (χ1) is 37.5. The van der Waals surface area contributed by atoms with Gasteiger partial charge in [0.15, 0.2) is 23.3 Å². The van der Waals surface area contributed by atoms with Crippen LogP contribution in [0.2, 0.25) is 0 Å². The smallest absolute Gasteiger partial charge is 0.372 e. The molecule has 414 valence electrons. The summed E-state index contributed by atoms with van der Waals surface area (Å²) in [4.78, 5) is 143. The maximum atomic E-state index is 13.2. The predicted molar refractivity (Wildman–Crippen MR) is 281 cm³/mol. The van der Waals surface area contributed by atoms with Crippen LogP contribution in [0.15, 0.2) is 67.8 Å². The van der Waals surface area contributed by atoms with Gasteiger partial charge >= 0.3 is 5.97 Å². The summed E-state index contributed by atoms with van der Waals surface area (Å²) in [5.41, 5.74) is 1.54. The molecule has 9 amide bonds. The van der Waals surface area contributed by atoms with Crippen LogP contribution in [0.25, 0.3) is 0 Å². The van der Waals surface area contributed by atoms with Crippen molar-refractivity contribution < 1.29 is 53.1 Å². The number of aryl methyl sites for hydroxylation is 7. The molecule has 7 aromatic heterocycles. The van der Waals surface area contributed by atoms with E-state index in [9.17, 15) is 47.9 Å². The molecule has 79 heavy (non-hydrogen) atoms. The van der Waals surface area contributed by atoms with Crippen LogP contribution in [0.5, 0.6) is 0 Å². The molecule has 0 atom stereocenters. The highest BCUT2D eigenvalue weighted by Crippen LogP contribution is 2.19. The first-order valence-electron chi connectivity index (χ1n) is 24.0. The molecule has 31 heteroatoms. The molecule has 0 aliphatic carbocycles. The highest BCUT2D eigenvalue weighted by Gasteiger charge is 2.22. The van der Waals surface area contributed by atoms with E-state index < -0.39 is 59.1 Å². The molecule has 0 spiro atoms. The number of carbonyl (C=O) groups is 10. The van der Waals surface area contributed by atoms with Gasteiger partial charge in [-0.15, -0.1) is 0 Å². The number of carboxylic acid groups (broad SMARTS) is 1. The molecule has 0 bridgehead atoms. The summed E-state index contributed by atoms with van der Waals surface area (Å²) in [6, 6.07) is 4.37. The Kier molecular flexibility index (Phi) is 17.3. The van der Waals surface area contributed by atoms with E-state index in [1.165, 1.54) is 89.8 Å². The minimum absolute atomic E-state index is 0.0145. The zero-order valence-corrected chi connectivity index (χ0v) is 43.7. The molecular weight excluding hydrogens is 1030 g/mol. The fraction of sp³-hybridized carbons (Fsp3) is 0.292. The van der Waals surface area contributed by atoms with E-state index in [1.54, 1.807) is 59.2 Å². The van der Waals surface area contributed by atoms with Crippen molar-refractivity contribution in [3.05, 3.63) is 108 Å². The van der Waals surface area contributed by atoms with E-state index in [2.05, 4.69) is 67.8 Å². The highest BCUT2D eigenvalue weighted by atomic mass is 16.4. The molecule has 0 radical (unpaired) electrons. The zero-order chi connectivity index (χ0) is 57.2. The third-order valence-corrected chi connectivity index (χ3v) is 11.7. The minimum Gasteiger partial charge on any atom is -0.475 e. The number of nitrogens with one attached hydrogen (secondary N) is 9. The van der Waals surface area contributed by atoms with Crippen molar-refractivity contribution in [2.45, 2.75) is 25.7 Å². The second-order valence-electron chi connectivity index (χ2n) is 17.9. The van der Waals surface area contributed by atoms with Crippen molar-refractivity contribution in [1.29, 1.82) is 0 Å². The Morgan fingerprint density at radius 3 is 1.13 bits per heavy atom. The molecule has 0 fully saturated rings. The van der Waals surface area contributed by atoms with Crippen LogP contribution >= 0.6 is 0 Å². The normalized spacial score (nSPS) is 10.9. The topological polar surface area (TPSA) is 385 Å². The zero-order valence-electron chi connectivity index (χ0n) is 43.7. The number of hydrogen-bond donors (Lipinski definition) is 10. The Bertz CT molecular complexity index is 3530. The number of carboxylic acids is 1. The number of imidazole rings is 4. The highest BCUT2D eigenvalue weighted by molar-refractivity contribution is 6.06. The van der Waals surface area contributed by atoms with Crippen molar-refractivity contribution >= 4 is 93.6 Å². The maximum Gasteiger partial charge on any atom is 0.372 e. The van der Waals surface area contributed by atoms with E-state index in [1.807, 2.05) is 0 Å². The van der Waals surface area contributed by atoms with Gasteiger partial charge < -0.3 is 84.9 Å². The molecule has 7 aromatic rings. The second kappa shape index (κ2) is 24.4. The maximum absolute atomic E-state index is 13.2. The number of rotatable bonds is 23.